The number of nitrogens with zero attached hydrogens (tertiary/aromatic N) is 3. The average molecular weight is 1740 g/mol. The molecule has 0 aliphatic rings. The summed E-state index contributed by atoms with van der Waals surface area (Å²) in [6, 6.07) is 77.9. The van der Waals surface area contributed by atoms with Crippen LogP contribution in [0.1, 0.15) is 55.6 Å². The molecule has 0 unspecified atom stereocenters. The van der Waals surface area contributed by atoms with Gasteiger partial charge in [-0.2, -0.15) is 0 Å². The van der Waals surface area contributed by atoms with Crippen molar-refractivity contribution in [2.24, 2.45) is 0 Å². The number of nitriles is 1. The van der Waals surface area contributed by atoms with Crippen molar-refractivity contribution >= 4 is 192 Å². The number of nitrogens with one attached hydrogen (secondary N) is 4. The van der Waals surface area contributed by atoms with Gasteiger partial charge < -0.3 is 0 Å². The number of aryl methyl sites for hydroxylation is 3. The van der Waals surface area contributed by atoms with Gasteiger partial charge in [0.15, 0.2) is 0 Å². The molecule has 0 atom stereocenters. The zero-order valence-corrected chi connectivity index (χ0v) is 67.3. The quantitative estimate of drug-likeness (QED) is 0.0268. The number of halogens is 5. The Bertz CT molecular complexity index is 4530. The van der Waals surface area contributed by atoms with E-state index in [1.54, 1.807) is 18.2 Å². The van der Waals surface area contributed by atoms with Gasteiger partial charge >= 0.3 is 647 Å². The van der Waals surface area contributed by atoms with Crippen molar-refractivity contribution in [3.63, 3.8) is 0 Å². The summed E-state index contributed by atoms with van der Waals surface area (Å²) < 4.78 is 58.5. The van der Waals surface area contributed by atoms with E-state index in [-0.39, 0.29) is 5.69 Å². The van der Waals surface area contributed by atoms with Gasteiger partial charge in [-0.15, -0.1) is 0 Å². The first kappa shape index (κ1) is 79.9. The predicted molar refractivity (Wildman–Crippen MR) is 411 cm³/mol. The molecule has 100 heavy (non-hydrogen) atoms. The Morgan fingerprint density at radius 3 is 1.19 bits per heavy atom. The molecule has 0 bridgehead atoms. The molecule has 24 heteroatoms. The summed E-state index contributed by atoms with van der Waals surface area (Å²) in [6.45, 7) is 9.93. The molecule has 0 aliphatic carbocycles. The minimum absolute atomic E-state index is 0.0897. The molecule has 11 rings (SSSR count). The monoisotopic (exact) mass is 1740 g/mol. The number of nitro benzene ring substituents is 1. The number of hydrogen-bond acceptors (Lipinski definition) is 13. The zero-order chi connectivity index (χ0) is 71.8. The molecule has 0 aliphatic heterocycles. The van der Waals surface area contributed by atoms with Crippen LogP contribution < -0.4 is 47.9 Å². The van der Waals surface area contributed by atoms with Crippen LogP contribution in [0.15, 0.2) is 243 Å². The van der Waals surface area contributed by atoms with Gasteiger partial charge in [-0.25, -0.2) is 0 Å². The van der Waals surface area contributed by atoms with Crippen LogP contribution in [-0.2, 0) is 58.0 Å². The van der Waals surface area contributed by atoms with Crippen LogP contribution >= 0.6 is 58.0 Å². The first-order valence-electron chi connectivity index (χ1n) is 30.6. The second-order valence-electron chi connectivity index (χ2n) is 22.1. The maximum atomic E-state index is 11.2. The van der Waals surface area contributed by atoms with Crippen molar-refractivity contribution in [2.45, 2.75) is 60.0 Å². The predicted octanol–water partition coefficient (Wildman–Crippen LogP) is 15.4. The van der Waals surface area contributed by atoms with Crippen molar-refractivity contribution in [3.05, 3.63) is 334 Å². The molecule has 11 aromatic carbocycles. The molecule has 14 nitrogen and oxygen atoms in total. The van der Waals surface area contributed by atoms with Crippen LogP contribution in [0.5, 0.6) is 0 Å². The zero-order valence-electron chi connectivity index (χ0n) is 54.2. The van der Waals surface area contributed by atoms with Crippen LogP contribution in [0.3, 0.4) is 0 Å². The van der Waals surface area contributed by atoms with Crippen LogP contribution in [0.25, 0.3) is 0 Å². The fourth-order valence-electron chi connectivity index (χ4n) is 9.25. The molecular formula is C76H65As5Cl5N7O7. The van der Waals surface area contributed by atoms with Gasteiger partial charge in [0.25, 0.3) is 0 Å². The Labute approximate surface area is 640 Å². The summed E-state index contributed by atoms with van der Waals surface area (Å²) in [4.78, 5) is 12.3. The van der Waals surface area contributed by atoms with E-state index in [9.17, 15) is 28.8 Å². The van der Waals surface area contributed by atoms with Crippen molar-refractivity contribution in [1.29, 1.82) is 5.26 Å². The Morgan fingerprint density at radius 2 is 0.760 bits per heavy atom. The van der Waals surface area contributed by atoms with E-state index in [1.807, 2.05) is 221 Å². The number of nitro groups is 1. The molecule has 11 aromatic rings. The van der Waals surface area contributed by atoms with E-state index in [0.29, 0.717) is 48.3 Å². The number of rotatable bonds is 23. The topological polar surface area (TPSA) is 204 Å². The van der Waals surface area contributed by atoms with Gasteiger partial charge in [0.2, 0.25) is 0 Å². The molecular weight excluding hydrogens is 1670 g/mol. The Kier molecular flexibility index (Phi) is 34.1. The summed E-state index contributed by atoms with van der Waals surface area (Å²) in [5.41, 5.74) is 15.3. The second kappa shape index (κ2) is 42.7. The van der Waals surface area contributed by atoms with Crippen molar-refractivity contribution in [2.75, 3.05) is 26.2 Å². The van der Waals surface area contributed by atoms with Gasteiger partial charge in [0.05, 0.1) is 0 Å². The van der Waals surface area contributed by atoms with E-state index in [1.165, 1.54) is 12.1 Å². The van der Waals surface area contributed by atoms with E-state index >= 15 is 0 Å². The molecule has 0 fully saturated rings. The number of anilines is 5. The molecule has 0 spiro atoms. The third-order valence-electron chi connectivity index (χ3n) is 14.9. The first-order chi connectivity index (χ1) is 48.4. The normalized spacial score (nSPS) is 10.5. The molecule has 0 saturated heterocycles. The molecule has 506 valence electrons. The third-order valence-corrected chi connectivity index (χ3v) is 22.4. The number of benzene rings is 11. The molecule has 0 saturated carbocycles. The van der Waals surface area contributed by atoms with Gasteiger partial charge in [0, 0.05) is 0 Å². The summed E-state index contributed by atoms with van der Waals surface area (Å²) in [7, 11) is 0. The summed E-state index contributed by atoms with van der Waals surface area (Å²) >= 11 is 26.0. The minimum atomic E-state index is -1.02. The summed E-state index contributed by atoms with van der Waals surface area (Å²) in [5.74, 6) is 0. The van der Waals surface area contributed by atoms with Crippen LogP contribution in [-0.4, -0.2) is 83.4 Å². The fraction of sp³-hybridized carbons (Fsp3) is 0.118. The fourth-order valence-corrected chi connectivity index (χ4v) is 13.0. The van der Waals surface area contributed by atoms with Gasteiger partial charge in [-0.05, 0) is 0 Å². The van der Waals surface area contributed by atoms with Gasteiger partial charge in [-0.1, -0.05) is 0 Å². The van der Waals surface area contributed by atoms with Crippen molar-refractivity contribution in [1.82, 2.24) is 0 Å². The SMILES string of the molecule is Cc1ccc(CN(Cc2ccc(Cl)c(Cl)c2)c2ccc([As]=O)cc2)cc1Cl.Cc1ccc(CNc2ccc([As]=O)cc2)cc1Cl.Cc1cccc(CNc2ccc([As]=O)cc2)c1Cl.N#Cc1ccccc1CNc1ccc([As]=O)cc1.O=[As]c1ccc(NCc2ccc([N+](=O)[O-])cc2)cc1. The van der Waals surface area contributed by atoms with Crippen molar-refractivity contribution in [3.8, 4) is 6.07 Å². The molecule has 0 heterocycles. The second-order valence-corrected chi connectivity index (χ2v) is 31.4. The van der Waals surface area contributed by atoms with Crippen LogP contribution in [0.2, 0.25) is 25.1 Å². The molecule has 0 amide bonds. The number of hydrogen-bond donors (Lipinski definition) is 4. The van der Waals surface area contributed by atoms with Crippen LogP contribution in [0, 0.1) is 42.2 Å². The molecule has 0 aromatic heterocycles. The third kappa shape index (κ3) is 26.8. The van der Waals surface area contributed by atoms with E-state index < -0.39 is 83.4 Å². The number of non-ortho nitro benzene ring substituents is 1. The summed E-state index contributed by atoms with van der Waals surface area (Å²) in [6.07, 6.45) is 0. The average Bonchev–Trinajstić information content (AvgIpc) is 0.857. The van der Waals surface area contributed by atoms with E-state index in [2.05, 4.69) is 44.4 Å². The van der Waals surface area contributed by atoms with E-state index in [0.717, 1.165) is 122 Å². The standard InChI is InChI=1S/C21H17AsCl3NO.2C14H13AsClNO.C14H11AsN2O.C13H11AsN2O3/c1-14-2-3-15(10-20(14)24)12-26(18-7-5-17(22-27)6-8-18)13-16-4-9-19(23)21(25)11-16;1-10-2-3-11(8-14(10)16)9-17-13-6-4-12(15-18)5-7-13;1-10-3-2-4-11(14(10)16)9-17-13-7-5-12(15-18)6-8-13;16-9-11-3-1-2-4-12(11)10-17-14-7-5-13(15-18)6-8-14;17-14-11-3-5-12(6-4-11)15-9-10-1-7-13(8-2-10)16(18)19/h2-11H,12-13H2,1H3;2*2-8,17H,9H2,1H3;1-8,17H,10H2;1-8,15H,9H2. The van der Waals surface area contributed by atoms with Gasteiger partial charge in [0.1, 0.15) is 0 Å². The van der Waals surface area contributed by atoms with E-state index in [4.69, 9.17) is 63.3 Å². The Morgan fingerprint density at radius 1 is 0.390 bits per heavy atom. The maximum absolute atomic E-state index is 11.2. The first-order valence-corrected chi connectivity index (χ1v) is 41.1. The molecule has 4 N–H and O–H groups in total. The Balaban J connectivity index is 0.000000177. The molecule has 0 radical (unpaired) electrons. The Hall–Kier alpha value is -7.45. The summed E-state index contributed by atoms with van der Waals surface area (Å²) in [5, 5.41) is 36.0. The van der Waals surface area contributed by atoms with Gasteiger partial charge in [-0.3, -0.25) is 0 Å². The van der Waals surface area contributed by atoms with Crippen LogP contribution in [0.4, 0.5) is 34.1 Å². The van der Waals surface area contributed by atoms with Crippen molar-refractivity contribution < 1.29 is 23.6 Å².